The maximum atomic E-state index is 13.3. The number of aromatic nitrogens is 3. The van der Waals surface area contributed by atoms with Crippen LogP contribution in [0.5, 0.6) is 0 Å². The number of fused-ring (bicyclic) bond motifs is 1. The Bertz CT molecular complexity index is 1210. The van der Waals surface area contributed by atoms with Crippen LogP contribution in [0.2, 0.25) is 0 Å². The Hall–Kier alpha value is -2.72. The summed E-state index contributed by atoms with van der Waals surface area (Å²) in [4.78, 5) is 4.17. The number of hydrogen-bond donors (Lipinski definition) is 1. The second kappa shape index (κ2) is 7.76. The van der Waals surface area contributed by atoms with Gasteiger partial charge in [-0.1, -0.05) is 12.1 Å². The van der Waals surface area contributed by atoms with E-state index in [2.05, 4.69) is 14.8 Å². The maximum Gasteiger partial charge on any atom is 0.435 e. The second-order valence-corrected chi connectivity index (χ2v) is 10.1. The molecule has 1 aliphatic rings. The Kier molecular flexibility index (Phi) is 5.38. The number of benzene rings is 1. The minimum Gasteiger partial charge on any atom is -0.255 e. The van der Waals surface area contributed by atoms with Crippen LogP contribution in [-0.2, 0) is 29.0 Å². The van der Waals surface area contributed by atoms with Crippen molar-refractivity contribution in [3.05, 3.63) is 65.5 Å². The van der Waals surface area contributed by atoms with Gasteiger partial charge in [0.2, 0.25) is 10.0 Å². The van der Waals surface area contributed by atoms with Gasteiger partial charge in [0.1, 0.15) is 0 Å². The van der Waals surface area contributed by atoms with Crippen molar-refractivity contribution in [2.45, 2.75) is 44.2 Å². The fourth-order valence-electron chi connectivity index (χ4n) is 3.60. The molecule has 164 valence electrons. The summed E-state index contributed by atoms with van der Waals surface area (Å²) in [5.41, 5.74) is 1.89. The molecule has 1 aliphatic carbocycles. The quantitative estimate of drug-likeness (QED) is 0.642. The molecule has 0 amide bonds. The van der Waals surface area contributed by atoms with E-state index in [1.165, 1.54) is 10.9 Å². The molecular formula is C21H21F3N4O2S. The van der Waals surface area contributed by atoms with Gasteiger partial charge < -0.3 is 0 Å². The highest BCUT2D eigenvalue weighted by molar-refractivity contribution is 7.90. The van der Waals surface area contributed by atoms with Gasteiger partial charge in [0.15, 0.2) is 5.69 Å². The van der Waals surface area contributed by atoms with Crippen LogP contribution in [0.1, 0.15) is 30.7 Å². The van der Waals surface area contributed by atoms with Crippen LogP contribution in [0.4, 0.5) is 13.2 Å². The molecule has 0 saturated carbocycles. The predicted octanol–water partition coefficient (Wildman–Crippen LogP) is 3.75. The van der Waals surface area contributed by atoms with Gasteiger partial charge in [-0.15, -0.1) is 0 Å². The second-order valence-electron chi connectivity index (χ2n) is 7.81. The third kappa shape index (κ3) is 4.35. The van der Waals surface area contributed by atoms with Gasteiger partial charge in [0.25, 0.3) is 0 Å². The Morgan fingerprint density at radius 3 is 2.48 bits per heavy atom. The molecule has 0 bridgehead atoms. The van der Waals surface area contributed by atoms with E-state index in [0.717, 1.165) is 17.2 Å². The molecule has 0 spiro atoms. The molecule has 0 fully saturated rings. The summed E-state index contributed by atoms with van der Waals surface area (Å²) in [6, 6.07) is 11.0. The monoisotopic (exact) mass is 450 g/mol. The molecule has 0 radical (unpaired) electrons. The Morgan fingerprint density at radius 1 is 1.10 bits per heavy atom. The molecule has 2 heterocycles. The Morgan fingerprint density at radius 2 is 1.84 bits per heavy atom. The number of rotatable bonds is 5. The minimum atomic E-state index is -4.59. The molecule has 1 atom stereocenters. The number of hydrogen-bond acceptors (Lipinski definition) is 4. The topological polar surface area (TPSA) is 76.9 Å². The van der Waals surface area contributed by atoms with Gasteiger partial charge >= 0.3 is 6.18 Å². The van der Waals surface area contributed by atoms with Crippen molar-refractivity contribution < 1.29 is 21.6 Å². The SMILES string of the molecule is CC(C)S(=O)(=O)N[C@H]1Cc2ccc(-n3nc(C(F)(F)F)cc3-c3ccccn3)cc2C1. The molecular weight excluding hydrogens is 429 g/mol. The van der Waals surface area contributed by atoms with Crippen LogP contribution >= 0.6 is 0 Å². The van der Waals surface area contributed by atoms with E-state index in [0.29, 0.717) is 24.2 Å². The van der Waals surface area contributed by atoms with Crippen LogP contribution in [0.25, 0.3) is 17.1 Å². The van der Waals surface area contributed by atoms with Crippen LogP contribution in [0.3, 0.4) is 0 Å². The molecule has 2 aromatic heterocycles. The summed E-state index contributed by atoms with van der Waals surface area (Å²) in [5.74, 6) is 0. The highest BCUT2D eigenvalue weighted by Crippen LogP contribution is 2.33. The molecule has 31 heavy (non-hydrogen) atoms. The highest BCUT2D eigenvalue weighted by Gasteiger charge is 2.36. The van der Waals surface area contributed by atoms with E-state index in [9.17, 15) is 21.6 Å². The minimum absolute atomic E-state index is 0.225. The van der Waals surface area contributed by atoms with Gasteiger partial charge in [0, 0.05) is 12.2 Å². The summed E-state index contributed by atoms with van der Waals surface area (Å²) in [6.45, 7) is 3.22. The van der Waals surface area contributed by atoms with Gasteiger partial charge in [-0.05, 0) is 68.1 Å². The van der Waals surface area contributed by atoms with E-state index in [1.807, 2.05) is 6.07 Å². The number of alkyl halides is 3. The summed E-state index contributed by atoms with van der Waals surface area (Å²) < 4.78 is 68.4. The summed E-state index contributed by atoms with van der Waals surface area (Å²) >= 11 is 0. The first-order valence-corrected chi connectivity index (χ1v) is 11.3. The lowest BCUT2D eigenvalue weighted by molar-refractivity contribution is -0.141. The molecule has 1 aromatic carbocycles. The number of halogens is 3. The number of nitrogens with zero attached hydrogens (tertiary/aromatic N) is 3. The van der Waals surface area contributed by atoms with E-state index >= 15 is 0 Å². The predicted molar refractivity (Wildman–Crippen MR) is 110 cm³/mol. The molecule has 6 nitrogen and oxygen atoms in total. The zero-order chi connectivity index (χ0) is 22.4. The fourth-order valence-corrected chi connectivity index (χ4v) is 4.50. The fraction of sp³-hybridized carbons (Fsp3) is 0.333. The van der Waals surface area contributed by atoms with Crippen molar-refractivity contribution in [1.82, 2.24) is 19.5 Å². The lowest BCUT2D eigenvalue weighted by Gasteiger charge is -2.14. The van der Waals surface area contributed by atoms with Crippen molar-refractivity contribution in [2.75, 3.05) is 0 Å². The maximum absolute atomic E-state index is 13.3. The first-order chi connectivity index (χ1) is 14.5. The first kappa shape index (κ1) is 21.5. The van der Waals surface area contributed by atoms with Crippen LogP contribution in [-0.4, -0.2) is 34.5 Å². The zero-order valence-corrected chi connectivity index (χ0v) is 17.7. The molecule has 1 N–H and O–H groups in total. The first-order valence-electron chi connectivity index (χ1n) is 9.76. The van der Waals surface area contributed by atoms with E-state index in [4.69, 9.17) is 0 Å². The van der Waals surface area contributed by atoms with Crippen molar-refractivity contribution in [1.29, 1.82) is 0 Å². The highest BCUT2D eigenvalue weighted by atomic mass is 32.2. The van der Waals surface area contributed by atoms with Crippen LogP contribution < -0.4 is 4.72 Å². The lowest BCUT2D eigenvalue weighted by atomic mass is 10.1. The summed E-state index contributed by atoms with van der Waals surface area (Å²) in [6.07, 6.45) is -2.09. The van der Waals surface area contributed by atoms with Crippen molar-refractivity contribution >= 4 is 10.0 Å². The standard InChI is InChI=1S/C21H21F3N4O2S/c1-13(2)31(29,30)27-16-9-14-6-7-17(11-15(14)10-16)28-19(18-5-3-4-8-25-18)12-20(26-28)21(22,23)24/h3-8,11-13,16,27H,9-10H2,1-2H3/t16-/m0/s1. The third-order valence-corrected chi connectivity index (χ3v) is 7.15. The molecule has 0 unspecified atom stereocenters. The molecule has 0 saturated heterocycles. The average molecular weight is 450 g/mol. The van der Waals surface area contributed by atoms with E-state index in [-0.39, 0.29) is 11.7 Å². The number of nitrogens with one attached hydrogen (secondary N) is 1. The van der Waals surface area contributed by atoms with E-state index in [1.54, 1.807) is 44.2 Å². The Balaban J connectivity index is 1.70. The number of sulfonamides is 1. The summed E-state index contributed by atoms with van der Waals surface area (Å²) in [7, 11) is -3.42. The third-order valence-electron chi connectivity index (χ3n) is 5.25. The molecule has 10 heteroatoms. The van der Waals surface area contributed by atoms with Gasteiger partial charge in [-0.2, -0.15) is 18.3 Å². The molecule has 4 rings (SSSR count). The molecule has 0 aliphatic heterocycles. The lowest BCUT2D eigenvalue weighted by Crippen LogP contribution is -2.39. The van der Waals surface area contributed by atoms with Gasteiger partial charge in [0.05, 0.1) is 22.3 Å². The smallest absolute Gasteiger partial charge is 0.255 e. The van der Waals surface area contributed by atoms with Crippen molar-refractivity contribution in [2.24, 2.45) is 0 Å². The van der Waals surface area contributed by atoms with Crippen LogP contribution in [0.15, 0.2) is 48.7 Å². The molecule has 3 aromatic rings. The van der Waals surface area contributed by atoms with Crippen molar-refractivity contribution in [3.8, 4) is 17.1 Å². The Labute approximate surface area is 178 Å². The summed E-state index contributed by atoms with van der Waals surface area (Å²) in [5, 5.41) is 3.25. The van der Waals surface area contributed by atoms with Crippen LogP contribution in [0, 0.1) is 0 Å². The van der Waals surface area contributed by atoms with Gasteiger partial charge in [-0.3, -0.25) is 4.98 Å². The number of pyridine rings is 1. The van der Waals surface area contributed by atoms with Crippen molar-refractivity contribution in [3.63, 3.8) is 0 Å². The zero-order valence-electron chi connectivity index (χ0n) is 16.9. The largest absolute Gasteiger partial charge is 0.435 e. The normalized spacial score (nSPS) is 16.6. The van der Waals surface area contributed by atoms with E-state index < -0.39 is 27.1 Å². The average Bonchev–Trinajstić information content (AvgIpc) is 3.31. The van der Waals surface area contributed by atoms with Gasteiger partial charge in [-0.25, -0.2) is 17.8 Å².